The second-order valence-electron chi connectivity index (χ2n) is 4.08. The summed E-state index contributed by atoms with van der Waals surface area (Å²) in [6, 6.07) is -0.363. The molecule has 0 bridgehead atoms. The fraction of sp³-hybridized carbons (Fsp3) is 0.800. The molecule has 0 aliphatic carbocycles. The highest BCUT2D eigenvalue weighted by molar-refractivity contribution is 5.72. The molecule has 0 saturated carbocycles. The van der Waals surface area contributed by atoms with E-state index < -0.39 is 5.97 Å². The van der Waals surface area contributed by atoms with Crippen molar-refractivity contribution in [1.82, 2.24) is 4.90 Å². The summed E-state index contributed by atoms with van der Waals surface area (Å²) >= 11 is 0. The number of nitrogens with zero attached hydrogens (tertiary/aromatic N) is 1. The average Bonchev–Trinajstić information content (AvgIpc) is 2.17. The van der Waals surface area contributed by atoms with Gasteiger partial charge in [-0.05, 0) is 31.6 Å². The van der Waals surface area contributed by atoms with E-state index in [4.69, 9.17) is 10.8 Å². The molecule has 1 aliphatic rings. The van der Waals surface area contributed by atoms with E-state index in [1.807, 2.05) is 0 Å². The first-order chi connectivity index (χ1) is 7.09. The van der Waals surface area contributed by atoms with Crippen LogP contribution in [0.25, 0.3) is 0 Å². The van der Waals surface area contributed by atoms with E-state index in [2.05, 4.69) is 0 Å². The molecule has 1 aliphatic heterocycles. The summed E-state index contributed by atoms with van der Waals surface area (Å²) in [6.45, 7) is 1.43. The third-order valence-corrected chi connectivity index (χ3v) is 2.83. The zero-order valence-electron chi connectivity index (χ0n) is 8.82. The van der Waals surface area contributed by atoms with E-state index in [9.17, 15) is 9.59 Å². The number of rotatable bonds is 4. The summed E-state index contributed by atoms with van der Waals surface area (Å²) in [5.41, 5.74) is 5.20. The number of hydrogen-bond donors (Lipinski definition) is 2. The molecule has 1 saturated heterocycles. The predicted octanol–water partition coefficient (Wildman–Crippen LogP) is 1.03. The molecule has 0 aromatic rings. The molecule has 1 rings (SSSR count). The van der Waals surface area contributed by atoms with Crippen molar-refractivity contribution in [1.29, 1.82) is 0 Å². The summed E-state index contributed by atoms with van der Waals surface area (Å²) in [7, 11) is 0. The van der Waals surface area contributed by atoms with Gasteiger partial charge >= 0.3 is 12.0 Å². The van der Waals surface area contributed by atoms with Crippen LogP contribution in [-0.2, 0) is 4.79 Å². The van der Waals surface area contributed by atoms with Crippen LogP contribution in [0.3, 0.4) is 0 Å². The molecule has 5 heteroatoms. The third-order valence-electron chi connectivity index (χ3n) is 2.83. The highest BCUT2D eigenvalue weighted by atomic mass is 16.4. The van der Waals surface area contributed by atoms with Gasteiger partial charge in [-0.15, -0.1) is 0 Å². The Morgan fingerprint density at radius 2 is 2.20 bits per heavy atom. The summed E-state index contributed by atoms with van der Waals surface area (Å²) in [6.07, 6.45) is 3.82. The minimum atomic E-state index is -0.752. The molecule has 0 spiro atoms. The smallest absolute Gasteiger partial charge is 0.314 e. The summed E-state index contributed by atoms with van der Waals surface area (Å²) in [5, 5.41) is 8.50. The van der Waals surface area contributed by atoms with Crippen LogP contribution in [0.2, 0.25) is 0 Å². The predicted molar refractivity (Wildman–Crippen MR) is 55.4 cm³/mol. The normalized spacial score (nSPS) is 21.3. The van der Waals surface area contributed by atoms with Crippen molar-refractivity contribution in [3.63, 3.8) is 0 Å². The molecule has 5 nitrogen and oxygen atoms in total. The average molecular weight is 214 g/mol. The molecular formula is C10H18N2O3. The van der Waals surface area contributed by atoms with Crippen LogP contribution < -0.4 is 5.73 Å². The number of piperidine rings is 1. The number of urea groups is 1. The molecule has 0 radical (unpaired) electrons. The van der Waals surface area contributed by atoms with Crippen LogP contribution in [0.5, 0.6) is 0 Å². The first kappa shape index (κ1) is 11.8. The van der Waals surface area contributed by atoms with E-state index in [1.54, 1.807) is 4.90 Å². The van der Waals surface area contributed by atoms with Crippen LogP contribution in [0.15, 0.2) is 0 Å². The van der Waals surface area contributed by atoms with Gasteiger partial charge in [-0.25, -0.2) is 4.79 Å². The Kier molecular flexibility index (Phi) is 4.39. The van der Waals surface area contributed by atoms with Crippen LogP contribution in [-0.4, -0.2) is 35.1 Å². The Balaban J connectivity index is 2.24. The number of likely N-dealkylation sites (tertiary alicyclic amines) is 1. The molecule has 1 fully saturated rings. The number of carboxylic acids is 1. The van der Waals surface area contributed by atoms with E-state index in [1.165, 1.54) is 0 Å². The molecule has 1 atom stereocenters. The first-order valence-electron chi connectivity index (χ1n) is 5.35. The van der Waals surface area contributed by atoms with Gasteiger partial charge in [0, 0.05) is 19.5 Å². The fourth-order valence-corrected chi connectivity index (χ4v) is 2.04. The van der Waals surface area contributed by atoms with Crippen molar-refractivity contribution in [2.75, 3.05) is 13.1 Å². The van der Waals surface area contributed by atoms with Crippen molar-refractivity contribution in [2.24, 2.45) is 11.7 Å². The van der Waals surface area contributed by atoms with Crippen LogP contribution in [0.1, 0.15) is 32.1 Å². The minimum absolute atomic E-state index is 0.215. The molecular weight excluding hydrogens is 196 g/mol. The summed E-state index contributed by atoms with van der Waals surface area (Å²) in [5.74, 6) is -0.330. The zero-order chi connectivity index (χ0) is 11.3. The van der Waals surface area contributed by atoms with Crippen LogP contribution >= 0.6 is 0 Å². The number of aliphatic carboxylic acids is 1. The Morgan fingerprint density at radius 1 is 1.47 bits per heavy atom. The molecule has 3 N–H and O–H groups in total. The van der Waals surface area contributed by atoms with Gasteiger partial charge in [0.25, 0.3) is 0 Å². The number of amides is 2. The van der Waals surface area contributed by atoms with Crippen molar-refractivity contribution >= 4 is 12.0 Å². The van der Waals surface area contributed by atoms with Crippen LogP contribution in [0.4, 0.5) is 4.79 Å². The van der Waals surface area contributed by atoms with Crippen molar-refractivity contribution in [2.45, 2.75) is 32.1 Å². The van der Waals surface area contributed by atoms with Crippen molar-refractivity contribution in [3.8, 4) is 0 Å². The zero-order valence-corrected chi connectivity index (χ0v) is 8.82. The van der Waals surface area contributed by atoms with Gasteiger partial charge in [0.05, 0.1) is 0 Å². The molecule has 86 valence electrons. The lowest BCUT2D eigenvalue weighted by Crippen LogP contribution is -2.42. The Hall–Kier alpha value is -1.26. The topological polar surface area (TPSA) is 83.6 Å². The molecule has 1 unspecified atom stereocenters. The van der Waals surface area contributed by atoms with E-state index in [0.29, 0.717) is 18.9 Å². The maximum atomic E-state index is 10.9. The summed E-state index contributed by atoms with van der Waals surface area (Å²) < 4.78 is 0. The molecule has 15 heavy (non-hydrogen) atoms. The lowest BCUT2D eigenvalue weighted by Gasteiger charge is -2.31. The van der Waals surface area contributed by atoms with E-state index >= 15 is 0 Å². The van der Waals surface area contributed by atoms with Gasteiger partial charge in [0.2, 0.25) is 0 Å². The lowest BCUT2D eigenvalue weighted by molar-refractivity contribution is -0.137. The van der Waals surface area contributed by atoms with Gasteiger partial charge in [0.15, 0.2) is 0 Å². The van der Waals surface area contributed by atoms with Crippen molar-refractivity contribution in [3.05, 3.63) is 0 Å². The molecule has 0 aromatic carbocycles. The fourth-order valence-electron chi connectivity index (χ4n) is 2.04. The van der Waals surface area contributed by atoms with Crippen molar-refractivity contribution < 1.29 is 14.7 Å². The first-order valence-corrected chi connectivity index (χ1v) is 5.35. The quantitative estimate of drug-likeness (QED) is 0.733. The third kappa shape index (κ3) is 4.18. The number of nitrogens with two attached hydrogens (primary N) is 1. The Bertz CT molecular complexity index is 243. The summed E-state index contributed by atoms with van der Waals surface area (Å²) in [4.78, 5) is 22.9. The molecule has 1 heterocycles. The maximum Gasteiger partial charge on any atom is 0.314 e. The van der Waals surface area contributed by atoms with Gasteiger partial charge in [-0.3, -0.25) is 4.79 Å². The standard InChI is InChI=1S/C10H18N2O3/c11-10(15)12-6-2-4-8(7-12)3-1-5-9(13)14/h8H,1-7H2,(H2,11,15)(H,13,14). The van der Waals surface area contributed by atoms with E-state index in [-0.39, 0.29) is 12.5 Å². The largest absolute Gasteiger partial charge is 0.481 e. The number of carboxylic acid groups (broad SMARTS) is 1. The second kappa shape index (κ2) is 5.58. The number of primary amides is 1. The minimum Gasteiger partial charge on any atom is -0.481 e. The molecule has 0 aromatic heterocycles. The highest BCUT2D eigenvalue weighted by Crippen LogP contribution is 2.21. The van der Waals surface area contributed by atoms with E-state index in [0.717, 1.165) is 25.8 Å². The lowest BCUT2D eigenvalue weighted by atomic mass is 9.93. The second-order valence-corrected chi connectivity index (χ2v) is 4.08. The van der Waals surface area contributed by atoms with Gasteiger partial charge in [-0.1, -0.05) is 0 Å². The van der Waals surface area contributed by atoms with Gasteiger partial charge in [0.1, 0.15) is 0 Å². The monoisotopic (exact) mass is 214 g/mol. The Morgan fingerprint density at radius 3 is 2.80 bits per heavy atom. The highest BCUT2D eigenvalue weighted by Gasteiger charge is 2.21. The number of carbonyl (C=O) groups is 2. The Labute approximate surface area is 89.2 Å². The van der Waals surface area contributed by atoms with Crippen LogP contribution in [0, 0.1) is 5.92 Å². The van der Waals surface area contributed by atoms with Gasteiger partial charge in [-0.2, -0.15) is 0 Å². The maximum absolute atomic E-state index is 10.9. The molecule has 2 amide bonds. The van der Waals surface area contributed by atoms with Gasteiger partial charge < -0.3 is 15.7 Å². The SMILES string of the molecule is NC(=O)N1CCCC(CCCC(=O)O)C1. The number of hydrogen-bond acceptors (Lipinski definition) is 2. The number of carbonyl (C=O) groups excluding carboxylic acids is 1.